The minimum Gasteiger partial charge on any atom is -0.504 e. The highest BCUT2D eigenvalue weighted by atomic mass is 35.5. The van der Waals surface area contributed by atoms with E-state index >= 15 is 0 Å². The SMILES string of the molecule is CCC1=Nn2nc(C(C)C)nc2C1=Nc1cc(Cl)c(O)c(NC(=O)CCCC(=O)O)c1. The zero-order chi connectivity index (χ0) is 22.7. The van der Waals surface area contributed by atoms with Crippen molar-refractivity contribution in [1.82, 2.24) is 14.9 Å². The molecular formula is C20H23ClN6O4. The van der Waals surface area contributed by atoms with Gasteiger partial charge in [0.25, 0.3) is 0 Å². The number of benzene rings is 1. The molecule has 0 spiro atoms. The van der Waals surface area contributed by atoms with E-state index in [2.05, 4.69) is 25.5 Å². The number of rotatable bonds is 8. The molecule has 1 amide bonds. The van der Waals surface area contributed by atoms with Crippen LogP contribution < -0.4 is 5.32 Å². The van der Waals surface area contributed by atoms with Gasteiger partial charge in [-0.2, -0.15) is 5.10 Å². The van der Waals surface area contributed by atoms with Crippen LogP contribution in [0.2, 0.25) is 5.02 Å². The lowest BCUT2D eigenvalue weighted by molar-refractivity contribution is -0.137. The number of aromatic nitrogens is 3. The molecule has 2 heterocycles. The Labute approximate surface area is 183 Å². The van der Waals surface area contributed by atoms with Gasteiger partial charge in [0.15, 0.2) is 11.6 Å². The van der Waals surface area contributed by atoms with Crippen LogP contribution >= 0.6 is 11.6 Å². The maximum Gasteiger partial charge on any atom is 0.303 e. The number of nitrogens with zero attached hydrogens (tertiary/aromatic N) is 5. The average molecular weight is 447 g/mol. The van der Waals surface area contributed by atoms with Crippen molar-refractivity contribution in [2.24, 2.45) is 10.1 Å². The van der Waals surface area contributed by atoms with Crippen LogP contribution in [0.4, 0.5) is 11.4 Å². The lowest BCUT2D eigenvalue weighted by Crippen LogP contribution is -2.13. The summed E-state index contributed by atoms with van der Waals surface area (Å²) in [4.78, 5) is 33.3. The lowest BCUT2D eigenvalue weighted by atomic mass is 10.1. The summed E-state index contributed by atoms with van der Waals surface area (Å²) in [6, 6.07) is 2.96. The molecule has 11 heteroatoms. The molecule has 1 aromatic carbocycles. The van der Waals surface area contributed by atoms with Crippen molar-refractivity contribution >= 4 is 46.3 Å². The molecular weight excluding hydrogens is 424 g/mol. The molecule has 1 aliphatic rings. The van der Waals surface area contributed by atoms with Gasteiger partial charge < -0.3 is 15.5 Å². The Hall–Kier alpha value is -3.27. The number of carboxylic acids is 1. The Morgan fingerprint density at radius 3 is 2.68 bits per heavy atom. The van der Waals surface area contributed by atoms with E-state index in [0.29, 0.717) is 35.2 Å². The summed E-state index contributed by atoms with van der Waals surface area (Å²) in [5, 5.41) is 30.3. The van der Waals surface area contributed by atoms with Crippen molar-refractivity contribution in [2.45, 2.75) is 52.4 Å². The molecule has 31 heavy (non-hydrogen) atoms. The normalized spacial score (nSPS) is 14.1. The van der Waals surface area contributed by atoms with E-state index in [1.807, 2.05) is 20.8 Å². The molecule has 0 unspecified atom stereocenters. The second kappa shape index (κ2) is 9.25. The van der Waals surface area contributed by atoms with Crippen molar-refractivity contribution in [2.75, 3.05) is 5.32 Å². The number of nitrogens with one attached hydrogen (secondary N) is 1. The minimum atomic E-state index is -0.977. The first kappa shape index (κ1) is 22.4. The number of aromatic hydroxyl groups is 1. The summed E-state index contributed by atoms with van der Waals surface area (Å²) >= 11 is 6.14. The van der Waals surface area contributed by atoms with Crippen LogP contribution in [0.3, 0.4) is 0 Å². The van der Waals surface area contributed by atoms with Gasteiger partial charge in [-0.1, -0.05) is 32.4 Å². The molecule has 2 aromatic rings. The van der Waals surface area contributed by atoms with Gasteiger partial charge in [0, 0.05) is 18.8 Å². The van der Waals surface area contributed by atoms with E-state index in [1.54, 1.807) is 0 Å². The Balaban J connectivity index is 1.90. The van der Waals surface area contributed by atoms with E-state index in [4.69, 9.17) is 16.7 Å². The number of carbonyl (C=O) groups excluding carboxylic acids is 1. The highest BCUT2D eigenvalue weighted by Gasteiger charge is 2.27. The zero-order valence-corrected chi connectivity index (χ0v) is 18.1. The zero-order valence-electron chi connectivity index (χ0n) is 17.4. The number of aliphatic carboxylic acids is 1. The smallest absolute Gasteiger partial charge is 0.303 e. The summed E-state index contributed by atoms with van der Waals surface area (Å²) < 4.78 is 0. The van der Waals surface area contributed by atoms with Gasteiger partial charge in [-0.15, -0.1) is 9.89 Å². The van der Waals surface area contributed by atoms with Crippen molar-refractivity contribution in [3.05, 3.63) is 28.8 Å². The Kier molecular flexibility index (Phi) is 6.69. The van der Waals surface area contributed by atoms with E-state index in [-0.39, 0.29) is 41.6 Å². The molecule has 0 radical (unpaired) electrons. The molecule has 1 aliphatic heterocycles. The fraction of sp³-hybridized carbons (Fsp3) is 0.400. The fourth-order valence-electron chi connectivity index (χ4n) is 2.91. The highest BCUT2D eigenvalue weighted by Crippen LogP contribution is 2.37. The first-order valence-corrected chi connectivity index (χ1v) is 10.3. The number of phenolic OH excluding ortho intramolecular Hbond substituents is 1. The van der Waals surface area contributed by atoms with Crippen LogP contribution in [0.25, 0.3) is 0 Å². The summed E-state index contributed by atoms with van der Waals surface area (Å²) in [7, 11) is 0. The van der Waals surface area contributed by atoms with Gasteiger partial charge in [-0.3, -0.25) is 9.59 Å². The molecule has 1 aromatic heterocycles. The molecule has 0 saturated heterocycles. The first-order valence-electron chi connectivity index (χ1n) is 9.88. The summed E-state index contributed by atoms with van der Waals surface area (Å²) in [5.41, 5.74) is 1.72. The summed E-state index contributed by atoms with van der Waals surface area (Å²) in [6.07, 6.45) is 0.670. The molecule has 3 rings (SSSR count). The number of amides is 1. The van der Waals surface area contributed by atoms with Crippen molar-refractivity contribution < 1.29 is 19.8 Å². The topological polar surface area (TPSA) is 142 Å². The number of hydrogen-bond acceptors (Lipinski definition) is 7. The second-order valence-corrected chi connectivity index (χ2v) is 7.72. The lowest BCUT2D eigenvalue weighted by Gasteiger charge is -2.10. The molecule has 0 fully saturated rings. The maximum absolute atomic E-state index is 12.1. The number of carboxylic acid groups (broad SMARTS) is 1. The quantitative estimate of drug-likeness (QED) is 0.527. The van der Waals surface area contributed by atoms with Crippen LogP contribution in [0.15, 0.2) is 22.2 Å². The fourth-order valence-corrected chi connectivity index (χ4v) is 3.13. The van der Waals surface area contributed by atoms with E-state index in [0.717, 1.165) is 0 Å². The number of hydrogen-bond donors (Lipinski definition) is 3. The standard InChI is InChI=1S/C20H23ClN6O4/c1-4-13-17(20-24-19(10(2)3)26-27(20)25-13)22-11-8-12(21)18(31)14(9-11)23-15(28)6-5-7-16(29)30/h8-10,31H,4-7H2,1-3H3,(H,23,28)(H,29,30). The molecule has 0 bridgehead atoms. The molecule has 164 valence electrons. The van der Waals surface area contributed by atoms with Crippen LogP contribution in [-0.2, 0) is 9.59 Å². The summed E-state index contributed by atoms with van der Waals surface area (Å²) in [6.45, 7) is 5.91. The van der Waals surface area contributed by atoms with E-state index < -0.39 is 11.9 Å². The molecule has 10 nitrogen and oxygen atoms in total. The average Bonchev–Trinajstić information content (AvgIpc) is 3.24. The van der Waals surface area contributed by atoms with Gasteiger partial charge in [-0.25, -0.2) is 9.98 Å². The van der Waals surface area contributed by atoms with Crippen molar-refractivity contribution in [1.29, 1.82) is 0 Å². The Morgan fingerprint density at radius 1 is 1.29 bits per heavy atom. The van der Waals surface area contributed by atoms with Crippen molar-refractivity contribution in [3.63, 3.8) is 0 Å². The first-order chi connectivity index (χ1) is 14.7. The van der Waals surface area contributed by atoms with Gasteiger partial charge in [0.1, 0.15) is 5.71 Å². The predicted octanol–water partition coefficient (Wildman–Crippen LogP) is 3.70. The predicted molar refractivity (Wildman–Crippen MR) is 117 cm³/mol. The third-order valence-electron chi connectivity index (χ3n) is 4.52. The number of halogens is 1. The third-order valence-corrected chi connectivity index (χ3v) is 4.80. The van der Waals surface area contributed by atoms with Gasteiger partial charge in [0.05, 0.1) is 22.1 Å². The Morgan fingerprint density at radius 2 is 2.03 bits per heavy atom. The van der Waals surface area contributed by atoms with Gasteiger partial charge in [-0.05, 0) is 25.0 Å². The molecule has 3 N–H and O–H groups in total. The number of aliphatic imine (C=N–C) groups is 1. The highest BCUT2D eigenvalue weighted by molar-refractivity contribution is 6.49. The van der Waals surface area contributed by atoms with Gasteiger partial charge >= 0.3 is 5.97 Å². The number of fused-ring (bicyclic) bond motifs is 1. The van der Waals surface area contributed by atoms with Crippen LogP contribution in [-0.4, -0.2) is 48.4 Å². The minimum absolute atomic E-state index is 0.00414. The number of carbonyl (C=O) groups is 2. The molecule has 0 atom stereocenters. The third kappa shape index (κ3) is 5.08. The largest absolute Gasteiger partial charge is 0.504 e. The van der Waals surface area contributed by atoms with Gasteiger partial charge in [0.2, 0.25) is 11.7 Å². The van der Waals surface area contributed by atoms with Crippen LogP contribution in [0, 0.1) is 0 Å². The Bertz CT molecular complexity index is 1090. The second-order valence-electron chi connectivity index (χ2n) is 7.32. The summed E-state index contributed by atoms with van der Waals surface area (Å²) in [5.74, 6) is -0.405. The number of phenols is 1. The molecule has 0 saturated carbocycles. The van der Waals surface area contributed by atoms with Crippen LogP contribution in [0.5, 0.6) is 5.75 Å². The molecule has 0 aliphatic carbocycles. The monoisotopic (exact) mass is 446 g/mol. The van der Waals surface area contributed by atoms with E-state index in [9.17, 15) is 14.7 Å². The maximum atomic E-state index is 12.1. The number of anilines is 1. The van der Waals surface area contributed by atoms with Crippen molar-refractivity contribution in [3.8, 4) is 5.75 Å². The van der Waals surface area contributed by atoms with Crippen LogP contribution in [0.1, 0.15) is 64.0 Å². The van der Waals surface area contributed by atoms with E-state index in [1.165, 1.54) is 16.9 Å².